The first-order chi connectivity index (χ1) is 23.6. The van der Waals surface area contributed by atoms with Gasteiger partial charge < -0.3 is 10.0 Å². The SMILES string of the molecule is CSc1cc(-c2ccc3c4ccccc4n(-c4nc(-c5ccccc5)nc(-c5ccc(-c6ccccc6)cc5)n4)c3c2)ccc1B(O)O. The molecule has 0 fully saturated rings. The molecule has 0 amide bonds. The molecule has 0 saturated heterocycles. The Morgan fingerprint density at radius 3 is 1.71 bits per heavy atom. The summed E-state index contributed by atoms with van der Waals surface area (Å²) in [5, 5.41) is 21.9. The molecular formula is C40H29BN4O2S. The summed E-state index contributed by atoms with van der Waals surface area (Å²) >= 11 is 1.49. The minimum atomic E-state index is -1.53. The molecule has 0 unspecified atom stereocenters. The molecule has 2 aromatic heterocycles. The Bertz CT molecular complexity index is 2410. The van der Waals surface area contributed by atoms with Crippen molar-refractivity contribution in [2.24, 2.45) is 0 Å². The maximum Gasteiger partial charge on any atom is 0.489 e. The van der Waals surface area contributed by atoms with Gasteiger partial charge in [-0.25, -0.2) is 4.98 Å². The van der Waals surface area contributed by atoms with Crippen LogP contribution in [0.2, 0.25) is 0 Å². The minimum absolute atomic E-state index is 0.490. The molecule has 0 spiro atoms. The Hall–Kier alpha value is -5.54. The molecule has 6 aromatic carbocycles. The van der Waals surface area contributed by atoms with E-state index >= 15 is 0 Å². The molecule has 0 bridgehead atoms. The Morgan fingerprint density at radius 1 is 0.500 bits per heavy atom. The second-order valence-electron chi connectivity index (χ2n) is 11.5. The molecule has 8 rings (SSSR count). The standard InChI is InChI=1S/C40H29BN4O2S/c1-48-37-25-31(21-23-34(37)41(46)47)30-20-22-33-32-14-8-9-15-35(32)45(36(33)24-30)40-43-38(28-12-6-3-7-13-28)42-39(44-40)29-18-16-27(17-19-29)26-10-4-2-5-11-26/h2-25,46-47H,1H3. The number of hydrogen-bond donors (Lipinski definition) is 2. The van der Waals surface area contributed by atoms with E-state index < -0.39 is 7.12 Å². The van der Waals surface area contributed by atoms with Crippen LogP contribution in [0.3, 0.4) is 0 Å². The van der Waals surface area contributed by atoms with E-state index in [1.807, 2.05) is 79.1 Å². The maximum atomic E-state index is 9.88. The van der Waals surface area contributed by atoms with E-state index in [1.165, 1.54) is 11.8 Å². The van der Waals surface area contributed by atoms with Gasteiger partial charge in [-0.15, -0.1) is 11.8 Å². The van der Waals surface area contributed by atoms with Gasteiger partial charge in [-0.05, 0) is 52.2 Å². The van der Waals surface area contributed by atoms with Gasteiger partial charge in [0.2, 0.25) is 5.95 Å². The average Bonchev–Trinajstić information content (AvgIpc) is 3.49. The summed E-state index contributed by atoms with van der Waals surface area (Å²) in [6, 6.07) is 49.1. The molecule has 8 heteroatoms. The highest BCUT2D eigenvalue weighted by Gasteiger charge is 2.20. The lowest BCUT2D eigenvalue weighted by Gasteiger charge is -2.12. The van der Waals surface area contributed by atoms with Crippen LogP contribution in [0.25, 0.3) is 72.8 Å². The van der Waals surface area contributed by atoms with E-state index in [-0.39, 0.29) is 0 Å². The van der Waals surface area contributed by atoms with Crippen molar-refractivity contribution in [3.63, 3.8) is 0 Å². The Kier molecular flexibility index (Phi) is 7.82. The highest BCUT2D eigenvalue weighted by molar-refractivity contribution is 7.98. The lowest BCUT2D eigenvalue weighted by atomic mass is 9.79. The molecule has 0 saturated carbocycles. The van der Waals surface area contributed by atoms with Crippen molar-refractivity contribution in [1.82, 2.24) is 19.5 Å². The van der Waals surface area contributed by atoms with E-state index in [1.54, 1.807) is 6.07 Å². The summed E-state index contributed by atoms with van der Waals surface area (Å²) in [5.74, 6) is 1.70. The zero-order chi connectivity index (χ0) is 32.6. The van der Waals surface area contributed by atoms with Gasteiger partial charge >= 0.3 is 7.12 Å². The predicted octanol–water partition coefficient (Wildman–Crippen LogP) is 8.04. The summed E-state index contributed by atoms with van der Waals surface area (Å²) in [6.07, 6.45) is 1.93. The number of para-hydroxylation sites is 1. The number of benzene rings is 6. The van der Waals surface area contributed by atoms with Crippen LogP contribution in [-0.4, -0.2) is 42.9 Å². The van der Waals surface area contributed by atoms with E-state index in [9.17, 15) is 10.0 Å². The fraction of sp³-hybridized carbons (Fsp3) is 0.0250. The van der Waals surface area contributed by atoms with Crippen LogP contribution in [0.4, 0.5) is 0 Å². The van der Waals surface area contributed by atoms with E-state index in [2.05, 4.69) is 71.3 Å². The molecule has 2 heterocycles. The first-order valence-electron chi connectivity index (χ1n) is 15.6. The van der Waals surface area contributed by atoms with Crippen LogP contribution in [0.15, 0.2) is 150 Å². The van der Waals surface area contributed by atoms with E-state index in [0.717, 1.165) is 60.1 Å². The fourth-order valence-electron chi connectivity index (χ4n) is 6.22. The van der Waals surface area contributed by atoms with Gasteiger partial charge in [0.05, 0.1) is 11.0 Å². The molecular weight excluding hydrogens is 611 g/mol. The molecule has 0 aliphatic heterocycles. The molecule has 0 aliphatic rings. The van der Waals surface area contributed by atoms with Gasteiger partial charge in [0, 0.05) is 26.8 Å². The minimum Gasteiger partial charge on any atom is -0.423 e. The zero-order valence-electron chi connectivity index (χ0n) is 26.0. The van der Waals surface area contributed by atoms with Crippen molar-refractivity contribution >= 4 is 46.1 Å². The molecule has 0 atom stereocenters. The number of thioether (sulfide) groups is 1. The van der Waals surface area contributed by atoms with Crippen molar-refractivity contribution in [3.05, 3.63) is 146 Å². The molecule has 2 N–H and O–H groups in total. The lowest BCUT2D eigenvalue weighted by molar-refractivity contribution is 0.425. The monoisotopic (exact) mass is 640 g/mol. The van der Waals surface area contributed by atoms with E-state index in [4.69, 9.17) is 15.0 Å². The third-order valence-corrected chi connectivity index (χ3v) is 9.42. The highest BCUT2D eigenvalue weighted by Crippen LogP contribution is 2.35. The van der Waals surface area contributed by atoms with Crippen LogP contribution in [0.1, 0.15) is 0 Å². The van der Waals surface area contributed by atoms with E-state index in [0.29, 0.717) is 23.1 Å². The van der Waals surface area contributed by atoms with Crippen LogP contribution in [0.5, 0.6) is 0 Å². The summed E-state index contributed by atoms with van der Waals surface area (Å²) < 4.78 is 2.12. The topological polar surface area (TPSA) is 84.1 Å². The Morgan fingerprint density at radius 2 is 1.02 bits per heavy atom. The molecule has 6 nitrogen and oxygen atoms in total. The first kappa shape index (κ1) is 29.8. The smallest absolute Gasteiger partial charge is 0.423 e. The van der Waals surface area contributed by atoms with Crippen molar-refractivity contribution < 1.29 is 10.0 Å². The van der Waals surface area contributed by atoms with Crippen molar-refractivity contribution in [2.45, 2.75) is 4.90 Å². The van der Waals surface area contributed by atoms with Crippen molar-refractivity contribution in [3.8, 4) is 51.0 Å². The number of nitrogens with zero attached hydrogens (tertiary/aromatic N) is 4. The largest absolute Gasteiger partial charge is 0.489 e. The molecule has 230 valence electrons. The molecule has 0 aliphatic carbocycles. The van der Waals surface area contributed by atoms with Crippen LogP contribution in [-0.2, 0) is 0 Å². The van der Waals surface area contributed by atoms with Gasteiger partial charge in [0.25, 0.3) is 0 Å². The van der Waals surface area contributed by atoms with Crippen molar-refractivity contribution in [2.75, 3.05) is 6.26 Å². The molecule has 8 aromatic rings. The summed E-state index contributed by atoms with van der Waals surface area (Å²) in [7, 11) is -1.53. The Labute approximate surface area is 282 Å². The normalized spacial score (nSPS) is 11.3. The second-order valence-corrected chi connectivity index (χ2v) is 12.4. The quantitative estimate of drug-likeness (QED) is 0.136. The second kappa shape index (κ2) is 12.6. The van der Waals surface area contributed by atoms with Gasteiger partial charge in [0.1, 0.15) is 0 Å². The highest BCUT2D eigenvalue weighted by atomic mass is 32.2. The maximum absolute atomic E-state index is 9.88. The number of rotatable bonds is 7. The lowest BCUT2D eigenvalue weighted by Crippen LogP contribution is -2.31. The van der Waals surface area contributed by atoms with Gasteiger partial charge in [-0.1, -0.05) is 127 Å². The third kappa shape index (κ3) is 5.46. The van der Waals surface area contributed by atoms with Crippen molar-refractivity contribution in [1.29, 1.82) is 0 Å². The first-order valence-corrected chi connectivity index (χ1v) is 16.9. The van der Waals surface area contributed by atoms with Gasteiger partial charge in [-0.2, -0.15) is 9.97 Å². The predicted molar refractivity (Wildman–Crippen MR) is 198 cm³/mol. The molecule has 0 radical (unpaired) electrons. The van der Waals surface area contributed by atoms with Crippen LogP contribution < -0.4 is 5.46 Å². The fourth-order valence-corrected chi connectivity index (χ4v) is 6.88. The Balaban J connectivity index is 1.33. The third-order valence-electron chi connectivity index (χ3n) is 8.62. The van der Waals surface area contributed by atoms with Crippen LogP contribution >= 0.6 is 11.8 Å². The average molecular weight is 641 g/mol. The van der Waals surface area contributed by atoms with Gasteiger partial charge in [-0.3, -0.25) is 4.57 Å². The summed E-state index contributed by atoms with van der Waals surface area (Å²) in [6.45, 7) is 0. The summed E-state index contributed by atoms with van der Waals surface area (Å²) in [4.78, 5) is 16.0. The molecule has 48 heavy (non-hydrogen) atoms. The number of hydrogen-bond acceptors (Lipinski definition) is 6. The number of aromatic nitrogens is 4. The number of fused-ring (bicyclic) bond motifs is 3. The summed E-state index contributed by atoms with van der Waals surface area (Å²) in [5.41, 5.74) is 8.48. The van der Waals surface area contributed by atoms with Gasteiger partial charge in [0.15, 0.2) is 11.6 Å². The van der Waals surface area contributed by atoms with Crippen LogP contribution in [0, 0.1) is 0 Å². The zero-order valence-corrected chi connectivity index (χ0v) is 26.8.